The second kappa shape index (κ2) is 6.01. The Kier molecular flexibility index (Phi) is 4.14. The zero-order chi connectivity index (χ0) is 14.5. The van der Waals surface area contributed by atoms with Crippen molar-refractivity contribution in [3.05, 3.63) is 58.6 Å². The summed E-state index contributed by atoms with van der Waals surface area (Å²) >= 11 is 0. The van der Waals surface area contributed by atoms with Crippen LogP contribution in [0.2, 0.25) is 0 Å². The van der Waals surface area contributed by atoms with Crippen LogP contribution in [0.3, 0.4) is 0 Å². The van der Waals surface area contributed by atoms with E-state index in [0.29, 0.717) is 23.8 Å². The average Bonchev–Trinajstić information content (AvgIpc) is 2.79. The van der Waals surface area contributed by atoms with Crippen LogP contribution < -0.4 is 10.9 Å². The third kappa shape index (κ3) is 3.03. The Morgan fingerprint density at radius 3 is 3.10 bits per heavy atom. The average molecular weight is 271 g/mol. The summed E-state index contributed by atoms with van der Waals surface area (Å²) in [7, 11) is 0. The Bertz CT molecular complexity index is 736. The van der Waals surface area contributed by atoms with Crippen LogP contribution in [0.25, 0.3) is 5.78 Å². The van der Waals surface area contributed by atoms with E-state index >= 15 is 0 Å². The number of hydrogen-bond acceptors (Lipinski definition) is 4. The van der Waals surface area contributed by atoms with Crippen LogP contribution in [0, 0.1) is 6.92 Å². The predicted octanol–water partition coefficient (Wildman–Crippen LogP) is 1.83. The van der Waals surface area contributed by atoms with Crippen LogP contribution in [0.5, 0.6) is 0 Å². The third-order valence-electron chi connectivity index (χ3n) is 2.69. The molecule has 2 rings (SSSR count). The Labute approximate surface area is 116 Å². The van der Waals surface area contributed by atoms with E-state index in [9.17, 15) is 4.79 Å². The first-order valence-electron chi connectivity index (χ1n) is 6.28. The van der Waals surface area contributed by atoms with Gasteiger partial charge in [0.05, 0.1) is 0 Å². The summed E-state index contributed by atoms with van der Waals surface area (Å²) in [5.74, 6) is 0.883. The van der Waals surface area contributed by atoms with Gasteiger partial charge < -0.3 is 5.32 Å². The summed E-state index contributed by atoms with van der Waals surface area (Å²) in [5.41, 5.74) is 1.50. The molecule has 2 N–H and O–H groups in total. The molecule has 0 bridgehead atoms. The SMILES string of the molecule is C=C/C=C(\C=C/C)CNc1nc2[nH]c(=O)c(C)cn2n1. The van der Waals surface area contributed by atoms with Crippen LogP contribution in [0.15, 0.2) is 47.4 Å². The van der Waals surface area contributed by atoms with E-state index in [1.165, 1.54) is 0 Å². The van der Waals surface area contributed by atoms with Crippen LogP contribution in [0.4, 0.5) is 5.95 Å². The molecule has 0 spiro atoms. The van der Waals surface area contributed by atoms with E-state index < -0.39 is 0 Å². The number of aromatic amines is 1. The molecule has 0 amide bonds. The maximum absolute atomic E-state index is 11.5. The highest BCUT2D eigenvalue weighted by molar-refractivity contribution is 5.39. The lowest BCUT2D eigenvalue weighted by Gasteiger charge is -2.01. The Morgan fingerprint density at radius 2 is 2.40 bits per heavy atom. The van der Waals surface area contributed by atoms with Gasteiger partial charge in [0.1, 0.15) is 0 Å². The van der Waals surface area contributed by atoms with Crippen LogP contribution in [-0.4, -0.2) is 26.1 Å². The van der Waals surface area contributed by atoms with Gasteiger partial charge >= 0.3 is 0 Å². The maximum Gasteiger partial charge on any atom is 0.255 e. The zero-order valence-corrected chi connectivity index (χ0v) is 11.6. The van der Waals surface area contributed by atoms with Crippen molar-refractivity contribution in [2.75, 3.05) is 11.9 Å². The van der Waals surface area contributed by atoms with Crippen LogP contribution in [0.1, 0.15) is 12.5 Å². The molecule has 0 fully saturated rings. The van der Waals surface area contributed by atoms with Gasteiger partial charge in [-0.15, -0.1) is 5.10 Å². The largest absolute Gasteiger partial charge is 0.349 e. The molecule has 2 aromatic heterocycles. The van der Waals surface area contributed by atoms with Gasteiger partial charge in [-0.2, -0.15) is 4.98 Å². The fourth-order valence-electron chi connectivity index (χ4n) is 1.74. The second-order valence-corrected chi connectivity index (χ2v) is 4.30. The zero-order valence-electron chi connectivity index (χ0n) is 11.6. The molecule has 2 aromatic rings. The highest BCUT2D eigenvalue weighted by Gasteiger charge is 2.05. The number of aryl methyl sites for hydroxylation is 1. The first kappa shape index (κ1) is 13.8. The van der Waals surface area contributed by atoms with Gasteiger partial charge in [0.15, 0.2) is 0 Å². The molecule has 0 saturated heterocycles. The molecule has 2 heterocycles. The van der Waals surface area contributed by atoms with Gasteiger partial charge in [-0.3, -0.25) is 9.78 Å². The maximum atomic E-state index is 11.5. The van der Waals surface area contributed by atoms with Crippen LogP contribution in [-0.2, 0) is 0 Å². The number of H-pyrrole nitrogens is 1. The van der Waals surface area contributed by atoms with E-state index in [2.05, 4.69) is 27.0 Å². The van der Waals surface area contributed by atoms with Gasteiger partial charge in [0.25, 0.3) is 5.56 Å². The third-order valence-corrected chi connectivity index (χ3v) is 2.69. The number of hydrogen-bond donors (Lipinski definition) is 2. The summed E-state index contributed by atoms with van der Waals surface area (Å²) < 4.78 is 1.55. The van der Waals surface area contributed by atoms with E-state index in [1.807, 2.05) is 25.2 Å². The number of aromatic nitrogens is 4. The summed E-state index contributed by atoms with van der Waals surface area (Å²) in [6.07, 6.45) is 9.23. The minimum absolute atomic E-state index is 0.155. The van der Waals surface area contributed by atoms with E-state index in [-0.39, 0.29) is 5.56 Å². The van der Waals surface area contributed by atoms with Crippen LogP contribution >= 0.6 is 0 Å². The molecule has 0 saturated carbocycles. The highest BCUT2D eigenvalue weighted by atomic mass is 16.1. The van der Waals surface area contributed by atoms with Crippen molar-refractivity contribution in [1.29, 1.82) is 0 Å². The fraction of sp³-hybridized carbons (Fsp3) is 0.214. The molecular weight excluding hydrogens is 254 g/mol. The lowest BCUT2D eigenvalue weighted by atomic mass is 10.2. The van der Waals surface area contributed by atoms with Crippen molar-refractivity contribution in [1.82, 2.24) is 19.6 Å². The quantitative estimate of drug-likeness (QED) is 0.813. The smallest absolute Gasteiger partial charge is 0.255 e. The normalized spacial score (nSPS) is 12.2. The molecule has 0 atom stereocenters. The fourth-order valence-corrected chi connectivity index (χ4v) is 1.74. The summed E-state index contributed by atoms with van der Waals surface area (Å²) in [4.78, 5) is 18.4. The van der Waals surface area contributed by atoms with Crippen molar-refractivity contribution in [2.45, 2.75) is 13.8 Å². The minimum atomic E-state index is -0.155. The standard InChI is InChI=1S/C14H17N5O/c1-4-6-11(7-5-2)8-15-13-17-14-16-12(20)10(3)9-19(14)18-13/h4-7,9H,1,8H2,2-3H3,(H2,15,16,17,18,20)/b7-5-,11-6+. The highest BCUT2D eigenvalue weighted by Crippen LogP contribution is 2.04. The van der Waals surface area contributed by atoms with E-state index in [0.717, 1.165) is 5.57 Å². The van der Waals surface area contributed by atoms with Gasteiger partial charge in [-0.05, 0) is 19.4 Å². The molecule has 0 aliphatic rings. The van der Waals surface area contributed by atoms with E-state index in [1.54, 1.807) is 23.7 Å². The second-order valence-electron chi connectivity index (χ2n) is 4.30. The van der Waals surface area contributed by atoms with Gasteiger partial charge in [0, 0.05) is 18.3 Å². The predicted molar refractivity (Wildman–Crippen MR) is 79.9 cm³/mol. The van der Waals surface area contributed by atoms with E-state index in [4.69, 9.17) is 0 Å². The van der Waals surface area contributed by atoms with Gasteiger partial charge in [0.2, 0.25) is 11.7 Å². The number of nitrogens with one attached hydrogen (secondary N) is 2. The molecule has 6 heteroatoms. The Morgan fingerprint density at radius 1 is 1.60 bits per heavy atom. The number of nitrogens with zero attached hydrogens (tertiary/aromatic N) is 3. The van der Waals surface area contributed by atoms with Crippen molar-refractivity contribution < 1.29 is 0 Å². The lowest BCUT2D eigenvalue weighted by molar-refractivity contribution is 0.915. The molecule has 6 nitrogen and oxygen atoms in total. The Hall–Kier alpha value is -2.63. The molecule has 0 aliphatic heterocycles. The Balaban J connectivity index is 2.20. The van der Waals surface area contributed by atoms with Crippen molar-refractivity contribution in [3.63, 3.8) is 0 Å². The summed E-state index contributed by atoms with van der Waals surface area (Å²) in [6, 6.07) is 0. The number of rotatable bonds is 5. The topological polar surface area (TPSA) is 75.1 Å². The summed E-state index contributed by atoms with van der Waals surface area (Å²) in [5, 5.41) is 7.36. The lowest BCUT2D eigenvalue weighted by Crippen LogP contribution is -2.11. The molecule has 0 aliphatic carbocycles. The molecule has 104 valence electrons. The first-order chi connectivity index (χ1) is 9.63. The molecule has 0 radical (unpaired) electrons. The minimum Gasteiger partial charge on any atom is -0.349 e. The molecule has 20 heavy (non-hydrogen) atoms. The first-order valence-corrected chi connectivity index (χ1v) is 6.28. The van der Waals surface area contributed by atoms with Gasteiger partial charge in [-0.1, -0.05) is 30.9 Å². The molecular formula is C14H17N5O. The molecule has 0 unspecified atom stereocenters. The monoisotopic (exact) mass is 271 g/mol. The van der Waals surface area contributed by atoms with Crippen molar-refractivity contribution >= 4 is 11.7 Å². The number of fused-ring (bicyclic) bond motifs is 1. The van der Waals surface area contributed by atoms with Crippen molar-refractivity contribution in [2.24, 2.45) is 0 Å². The van der Waals surface area contributed by atoms with Crippen molar-refractivity contribution in [3.8, 4) is 0 Å². The van der Waals surface area contributed by atoms with Gasteiger partial charge in [-0.25, -0.2) is 4.52 Å². The number of allylic oxidation sites excluding steroid dienone is 3. The molecule has 0 aromatic carbocycles. The summed E-state index contributed by atoms with van der Waals surface area (Å²) in [6.45, 7) is 7.94. The number of anilines is 1.